The molecule has 5 nitrogen and oxygen atoms in total. The summed E-state index contributed by atoms with van der Waals surface area (Å²) in [6.07, 6.45) is -7.73. The summed E-state index contributed by atoms with van der Waals surface area (Å²) < 4.78 is 96.1. The molecule has 136 valence electrons. The van der Waals surface area contributed by atoms with E-state index in [1.807, 2.05) is 4.72 Å². The van der Waals surface area contributed by atoms with Crippen LogP contribution in [0.4, 0.5) is 22.0 Å². The van der Waals surface area contributed by atoms with E-state index in [2.05, 4.69) is 0 Å². The molecule has 1 N–H and O–H groups in total. The molecule has 0 bridgehead atoms. The second-order valence-corrected chi connectivity index (χ2v) is 6.77. The van der Waals surface area contributed by atoms with Gasteiger partial charge in [0.2, 0.25) is 0 Å². The maximum atomic E-state index is 13.2. The van der Waals surface area contributed by atoms with Crippen molar-refractivity contribution in [3.8, 4) is 0 Å². The Hall–Kier alpha value is -1.30. The molecule has 0 saturated carbocycles. The van der Waals surface area contributed by atoms with Gasteiger partial charge < -0.3 is 4.74 Å². The molecule has 1 aromatic rings. The monoisotopic (exact) mass is 374 g/mol. The Morgan fingerprint density at radius 3 is 2.08 bits per heavy atom. The quantitative estimate of drug-likeness (QED) is 0.804. The number of morpholine rings is 1. The SMILES string of the molecule is O=S(=O)(N[C@@H](c1ccc(C(F)(F)F)cc1)C(F)F)N1CCOCC1. The van der Waals surface area contributed by atoms with Gasteiger partial charge in [-0.15, -0.1) is 0 Å². The van der Waals surface area contributed by atoms with Crippen LogP contribution < -0.4 is 4.72 Å². The first-order valence-corrected chi connectivity index (χ1v) is 8.36. The topological polar surface area (TPSA) is 58.6 Å². The van der Waals surface area contributed by atoms with E-state index >= 15 is 0 Å². The summed E-state index contributed by atoms with van der Waals surface area (Å²) in [6.45, 7) is 0.303. The molecule has 24 heavy (non-hydrogen) atoms. The van der Waals surface area contributed by atoms with E-state index in [4.69, 9.17) is 4.74 Å². The third kappa shape index (κ3) is 4.62. The minimum Gasteiger partial charge on any atom is -0.379 e. The summed E-state index contributed by atoms with van der Waals surface area (Å²) >= 11 is 0. The number of nitrogens with zero attached hydrogens (tertiary/aromatic N) is 1. The second kappa shape index (κ2) is 7.30. The third-order valence-corrected chi connectivity index (χ3v) is 5.03. The van der Waals surface area contributed by atoms with Crippen molar-refractivity contribution >= 4 is 10.2 Å². The van der Waals surface area contributed by atoms with Crippen LogP contribution >= 0.6 is 0 Å². The summed E-state index contributed by atoms with van der Waals surface area (Å²) in [6, 6.07) is 0.991. The highest BCUT2D eigenvalue weighted by molar-refractivity contribution is 7.87. The normalized spacial score (nSPS) is 18.8. The van der Waals surface area contributed by atoms with E-state index < -0.39 is 34.4 Å². The summed E-state index contributed by atoms with van der Waals surface area (Å²) in [7, 11) is -4.21. The van der Waals surface area contributed by atoms with Crippen LogP contribution in [0, 0.1) is 0 Å². The first kappa shape index (κ1) is 19.0. The number of hydrogen-bond donors (Lipinski definition) is 1. The molecule has 1 aromatic carbocycles. The number of ether oxygens (including phenoxy) is 1. The molecule has 11 heteroatoms. The van der Waals surface area contributed by atoms with E-state index in [0.717, 1.165) is 16.4 Å². The van der Waals surface area contributed by atoms with E-state index in [9.17, 15) is 30.4 Å². The molecule has 0 aliphatic carbocycles. The molecule has 0 amide bonds. The van der Waals surface area contributed by atoms with Crippen molar-refractivity contribution in [3.05, 3.63) is 35.4 Å². The van der Waals surface area contributed by atoms with E-state index in [1.165, 1.54) is 0 Å². The van der Waals surface area contributed by atoms with Gasteiger partial charge in [0.1, 0.15) is 6.04 Å². The second-order valence-electron chi connectivity index (χ2n) is 5.07. The minimum atomic E-state index is -4.60. The smallest absolute Gasteiger partial charge is 0.379 e. The van der Waals surface area contributed by atoms with Crippen molar-refractivity contribution in [1.29, 1.82) is 0 Å². The maximum absolute atomic E-state index is 13.2. The Kier molecular flexibility index (Phi) is 5.78. The minimum absolute atomic E-state index is 0.0122. The Morgan fingerprint density at radius 2 is 1.62 bits per heavy atom. The number of nitrogens with one attached hydrogen (secondary N) is 1. The van der Waals surface area contributed by atoms with Crippen molar-refractivity contribution in [3.63, 3.8) is 0 Å². The Balaban J connectivity index is 2.20. The van der Waals surface area contributed by atoms with Crippen LogP contribution in [0.15, 0.2) is 24.3 Å². The molecular formula is C13H15F5N2O3S. The number of hydrogen-bond acceptors (Lipinski definition) is 3. The molecule has 1 heterocycles. The van der Waals surface area contributed by atoms with Gasteiger partial charge in [0.15, 0.2) is 0 Å². The highest BCUT2D eigenvalue weighted by Gasteiger charge is 2.34. The lowest BCUT2D eigenvalue weighted by Crippen LogP contribution is -2.48. The Bertz CT molecular complexity index is 643. The average molecular weight is 374 g/mol. The molecule has 0 aromatic heterocycles. The zero-order valence-electron chi connectivity index (χ0n) is 12.3. The predicted octanol–water partition coefficient (Wildman–Crippen LogP) is 2.18. The number of benzene rings is 1. The van der Waals surface area contributed by atoms with Gasteiger partial charge in [-0.3, -0.25) is 0 Å². The molecule has 2 rings (SSSR count). The van der Waals surface area contributed by atoms with Crippen LogP contribution in [-0.2, 0) is 21.1 Å². The molecule has 1 atom stereocenters. The van der Waals surface area contributed by atoms with Gasteiger partial charge in [0, 0.05) is 13.1 Å². The van der Waals surface area contributed by atoms with Crippen molar-refractivity contribution in [2.24, 2.45) is 0 Å². The zero-order valence-corrected chi connectivity index (χ0v) is 13.1. The number of halogens is 5. The van der Waals surface area contributed by atoms with E-state index in [0.29, 0.717) is 12.1 Å². The predicted molar refractivity (Wildman–Crippen MR) is 74.6 cm³/mol. The number of alkyl halides is 5. The average Bonchev–Trinajstić information content (AvgIpc) is 2.52. The molecule has 0 unspecified atom stereocenters. The van der Waals surface area contributed by atoms with Gasteiger partial charge >= 0.3 is 6.18 Å². The van der Waals surface area contributed by atoms with Crippen molar-refractivity contribution in [1.82, 2.24) is 9.03 Å². The van der Waals surface area contributed by atoms with Crippen LogP contribution in [0.3, 0.4) is 0 Å². The van der Waals surface area contributed by atoms with Gasteiger partial charge in [0.25, 0.3) is 16.6 Å². The van der Waals surface area contributed by atoms with Crippen LogP contribution in [0.25, 0.3) is 0 Å². The lowest BCUT2D eigenvalue weighted by Gasteiger charge is -2.28. The van der Waals surface area contributed by atoms with Crippen LogP contribution in [0.1, 0.15) is 17.2 Å². The fraction of sp³-hybridized carbons (Fsp3) is 0.538. The fourth-order valence-electron chi connectivity index (χ4n) is 2.17. The largest absolute Gasteiger partial charge is 0.416 e. The number of rotatable bonds is 5. The lowest BCUT2D eigenvalue weighted by molar-refractivity contribution is -0.137. The van der Waals surface area contributed by atoms with Gasteiger partial charge in [-0.25, -0.2) is 8.78 Å². The van der Waals surface area contributed by atoms with Crippen LogP contribution in [0.5, 0.6) is 0 Å². The van der Waals surface area contributed by atoms with Gasteiger partial charge in [-0.05, 0) is 17.7 Å². The Morgan fingerprint density at radius 1 is 1.08 bits per heavy atom. The Labute approximate surface area is 135 Å². The van der Waals surface area contributed by atoms with Gasteiger partial charge in [0.05, 0.1) is 18.8 Å². The first-order chi connectivity index (χ1) is 11.1. The molecular weight excluding hydrogens is 359 g/mol. The zero-order chi connectivity index (χ0) is 18.0. The van der Waals surface area contributed by atoms with Gasteiger partial charge in [-0.1, -0.05) is 12.1 Å². The summed E-state index contributed by atoms with van der Waals surface area (Å²) in [5.41, 5.74) is -1.26. The van der Waals surface area contributed by atoms with Crippen LogP contribution in [-0.4, -0.2) is 45.5 Å². The van der Waals surface area contributed by atoms with Crippen molar-refractivity contribution in [2.75, 3.05) is 26.3 Å². The molecule has 0 radical (unpaired) electrons. The summed E-state index contributed by atoms with van der Waals surface area (Å²) in [5.74, 6) is 0. The lowest BCUT2D eigenvalue weighted by atomic mass is 10.1. The summed E-state index contributed by atoms with van der Waals surface area (Å²) in [4.78, 5) is 0. The molecule has 1 saturated heterocycles. The third-order valence-electron chi connectivity index (χ3n) is 3.43. The van der Waals surface area contributed by atoms with Gasteiger partial charge in [-0.2, -0.15) is 30.6 Å². The highest BCUT2D eigenvalue weighted by Crippen LogP contribution is 2.31. The van der Waals surface area contributed by atoms with E-state index in [1.54, 1.807) is 0 Å². The van der Waals surface area contributed by atoms with Crippen molar-refractivity contribution in [2.45, 2.75) is 18.6 Å². The molecule has 1 aliphatic heterocycles. The molecule has 1 fully saturated rings. The van der Waals surface area contributed by atoms with Crippen LogP contribution in [0.2, 0.25) is 0 Å². The van der Waals surface area contributed by atoms with E-state index in [-0.39, 0.29) is 31.9 Å². The first-order valence-electron chi connectivity index (χ1n) is 6.92. The maximum Gasteiger partial charge on any atom is 0.416 e. The standard InChI is InChI=1S/C13H15F5N2O3S/c14-12(15)11(9-1-3-10(4-2-9)13(16,17)18)19-24(21,22)20-5-7-23-8-6-20/h1-4,11-12,19H,5-8H2/t11-/m0/s1. The molecule has 0 spiro atoms. The van der Waals surface area contributed by atoms with Crippen molar-refractivity contribution < 1.29 is 35.1 Å². The highest BCUT2D eigenvalue weighted by atomic mass is 32.2. The fourth-order valence-corrected chi connectivity index (χ4v) is 3.51. The molecule has 1 aliphatic rings. The summed E-state index contributed by atoms with van der Waals surface area (Å²) in [5, 5.41) is 0.